The van der Waals surface area contributed by atoms with Gasteiger partial charge in [0.25, 0.3) is 0 Å². The number of hydrogen-bond acceptors (Lipinski definition) is 4. The van der Waals surface area contributed by atoms with Crippen molar-refractivity contribution in [3.63, 3.8) is 0 Å². The van der Waals surface area contributed by atoms with Gasteiger partial charge >= 0.3 is 0 Å². The number of thioether (sulfide) groups is 1. The molecular formula is C12H19NO3S. The second kappa shape index (κ2) is 5.40. The van der Waals surface area contributed by atoms with Gasteiger partial charge < -0.3 is 5.11 Å². The van der Waals surface area contributed by atoms with Crippen molar-refractivity contribution in [3.8, 4) is 0 Å². The minimum Gasteiger partial charge on any atom is -0.396 e. The van der Waals surface area contributed by atoms with E-state index in [9.17, 15) is 14.7 Å². The van der Waals surface area contributed by atoms with Crippen LogP contribution in [-0.4, -0.2) is 46.5 Å². The number of hydrogen-bond donors (Lipinski definition) is 1. The molecule has 2 fully saturated rings. The molecule has 0 aromatic carbocycles. The summed E-state index contributed by atoms with van der Waals surface area (Å²) in [4.78, 5) is 24.9. The van der Waals surface area contributed by atoms with Crippen LogP contribution in [0.5, 0.6) is 0 Å². The Bertz CT molecular complexity index is 297. The molecule has 1 saturated carbocycles. The zero-order valence-electron chi connectivity index (χ0n) is 9.98. The van der Waals surface area contributed by atoms with E-state index >= 15 is 0 Å². The highest BCUT2D eigenvalue weighted by molar-refractivity contribution is 8.00. The fourth-order valence-corrected chi connectivity index (χ4v) is 3.46. The summed E-state index contributed by atoms with van der Waals surface area (Å²) in [7, 11) is 0. The van der Waals surface area contributed by atoms with Crippen molar-refractivity contribution in [2.45, 2.75) is 32.1 Å². The highest BCUT2D eigenvalue weighted by Gasteiger charge is 2.38. The van der Waals surface area contributed by atoms with Gasteiger partial charge in [0, 0.05) is 12.0 Å². The number of carbonyl (C=O) groups is 2. The summed E-state index contributed by atoms with van der Waals surface area (Å²) in [6.07, 6.45) is 5.22. The van der Waals surface area contributed by atoms with Crippen LogP contribution in [0.3, 0.4) is 0 Å². The van der Waals surface area contributed by atoms with E-state index in [1.165, 1.54) is 23.1 Å². The summed E-state index contributed by atoms with van der Waals surface area (Å²) in [5, 5.41) is 9.59. The molecule has 0 bridgehead atoms. The van der Waals surface area contributed by atoms with Gasteiger partial charge in [0.1, 0.15) is 0 Å². The number of aliphatic hydroxyl groups excluding tert-OH is 1. The van der Waals surface area contributed by atoms with E-state index < -0.39 is 0 Å². The first-order valence-corrected chi connectivity index (χ1v) is 7.34. The van der Waals surface area contributed by atoms with E-state index in [1.807, 2.05) is 0 Å². The predicted octanol–water partition coefficient (Wildman–Crippen LogP) is 1.03. The maximum atomic E-state index is 11.7. The van der Waals surface area contributed by atoms with Gasteiger partial charge in [0.15, 0.2) is 0 Å². The lowest BCUT2D eigenvalue weighted by atomic mass is 9.74. The minimum atomic E-state index is -0.231. The number of nitrogens with zero attached hydrogens (tertiary/aromatic N) is 1. The lowest BCUT2D eigenvalue weighted by molar-refractivity contribution is -0.145. The monoisotopic (exact) mass is 257 g/mol. The number of amides is 2. The first kappa shape index (κ1) is 12.9. The molecule has 1 N–H and O–H groups in total. The summed E-state index contributed by atoms with van der Waals surface area (Å²) in [6.45, 7) is 0.499. The molecule has 0 atom stereocenters. The van der Waals surface area contributed by atoms with Crippen LogP contribution >= 0.6 is 11.8 Å². The van der Waals surface area contributed by atoms with Crippen LogP contribution in [0.1, 0.15) is 32.1 Å². The number of carbonyl (C=O) groups excluding carboxylic acids is 2. The molecule has 0 spiro atoms. The van der Waals surface area contributed by atoms with Gasteiger partial charge in [-0.15, -0.1) is 11.8 Å². The zero-order chi connectivity index (χ0) is 12.3. The van der Waals surface area contributed by atoms with Crippen LogP contribution in [0, 0.1) is 5.41 Å². The topological polar surface area (TPSA) is 57.6 Å². The number of aliphatic hydroxyl groups is 1. The maximum absolute atomic E-state index is 11.7. The van der Waals surface area contributed by atoms with E-state index in [1.54, 1.807) is 0 Å². The summed E-state index contributed by atoms with van der Waals surface area (Å²) in [5.41, 5.74) is -0.231. The van der Waals surface area contributed by atoms with E-state index in [-0.39, 0.29) is 23.8 Å². The Labute approximate surface area is 106 Å². The molecule has 1 aliphatic carbocycles. The largest absolute Gasteiger partial charge is 0.396 e. The third-order valence-electron chi connectivity index (χ3n) is 3.80. The summed E-state index contributed by atoms with van der Waals surface area (Å²) in [5.74, 6) is 0.606. The van der Waals surface area contributed by atoms with Crippen molar-refractivity contribution in [1.82, 2.24) is 4.90 Å². The summed E-state index contributed by atoms with van der Waals surface area (Å²) >= 11 is 1.38. The van der Waals surface area contributed by atoms with Crippen LogP contribution in [0.15, 0.2) is 0 Å². The quantitative estimate of drug-likeness (QED) is 0.767. The number of rotatable bonds is 3. The molecule has 2 aliphatic rings. The SMILES string of the molecule is O=C1CSCC(=O)N1CC1(CO)CCCCC1. The predicted molar refractivity (Wildman–Crippen MR) is 66.6 cm³/mol. The molecule has 1 heterocycles. The Morgan fingerprint density at radius 3 is 2.24 bits per heavy atom. The first-order valence-electron chi connectivity index (χ1n) is 6.19. The summed E-state index contributed by atoms with van der Waals surface area (Å²) < 4.78 is 0. The van der Waals surface area contributed by atoms with Crippen LogP contribution in [0.4, 0.5) is 0 Å². The molecule has 0 unspecified atom stereocenters. The fraction of sp³-hybridized carbons (Fsp3) is 0.833. The maximum Gasteiger partial charge on any atom is 0.239 e. The molecule has 4 nitrogen and oxygen atoms in total. The van der Waals surface area contributed by atoms with Gasteiger partial charge in [-0.1, -0.05) is 19.3 Å². The van der Waals surface area contributed by atoms with Gasteiger partial charge in [-0.2, -0.15) is 0 Å². The van der Waals surface area contributed by atoms with Gasteiger partial charge in [-0.3, -0.25) is 14.5 Å². The standard InChI is InChI=1S/C12H19NO3S/c14-9-12(4-2-1-3-5-12)8-13-10(15)6-17-7-11(13)16/h14H,1-9H2. The Hall–Kier alpha value is -0.550. The van der Waals surface area contributed by atoms with Gasteiger partial charge in [-0.25, -0.2) is 0 Å². The summed E-state index contributed by atoms with van der Waals surface area (Å²) in [6, 6.07) is 0. The molecule has 2 amide bonds. The fourth-order valence-electron chi connectivity index (χ4n) is 2.70. The Balaban J connectivity index is 2.06. The van der Waals surface area contributed by atoms with Gasteiger partial charge in [0.2, 0.25) is 11.8 Å². The molecule has 0 aromatic rings. The van der Waals surface area contributed by atoms with E-state index in [0.717, 1.165) is 25.7 Å². The van der Waals surface area contributed by atoms with Crippen molar-refractivity contribution >= 4 is 23.6 Å². The van der Waals surface area contributed by atoms with Crippen LogP contribution in [-0.2, 0) is 9.59 Å². The number of imide groups is 1. The lowest BCUT2D eigenvalue weighted by Crippen LogP contribution is -2.50. The molecule has 0 aromatic heterocycles. The second-order valence-corrected chi connectivity index (χ2v) is 6.07. The average molecular weight is 257 g/mol. The molecule has 1 saturated heterocycles. The lowest BCUT2D eigenvalue weighted by Gasteiger charge is -2.40. The Morgan fingerprint density at radius 2 is 1.71 bits per heavy atom. The van der Waals surface area contributed by atoms with E-state index in [4.69, 9.17) is 0 Å². The molecular weight excluding hydrogens is 238 g/mol. The minimum absolute atomic E-state index is 0.0806. The smallest absolute Gasteiger partial charge is 0.239 e. The van der Waals surface area contributed by atoms with Crippen molar-refractivity contribution in [2.24, 2.45) is 5.41 Å². The van der Waals surface area contributed by atoms with E-state index in [0.29, 0.717) is 18.1 Å². The van der Waals surface area contributed by atoms with Gasteiger partial charge in [0.05, 0.1) is 18.1 Å². The molecule has 5 heteroatoms. The van der Waals surface area contributed by atoms with Crippen molar-refractivity contribution in [3.05, 3.63) is 0 Å². The third-order valence-corrected chi connectivity index (χ3v) is 4.70. The average Bonchev–Trinajstić information content (AvgIpc) is 2.35. The van der Waals surface area contributed by atoms with E-state index in [2.05, 4.69) is 0 Å². The van der Waals surface area contributed by atoms with Gasteiger partial charge in [-0.05, 0) is 12.8 Å². The molecule has 1 aliphatic heterocycles. The van der Waals surface area contributed by atoms with Crippen molar-refractivity contribution < 1.29 is 14.7 Å². The van der Waals surface area contributed by atoms with Crippen LogP contribution < -0.4 is 0 Å². The highest BCUT2D eigenvalue weighted by Crippen LogP contribution is 2.37. The van der Waals surface area contributed by atoms with Crippen LogP contribution in [0.2, 0.25) is 0 Å². The third kappa shape index (κ3) is 2.83. The van der Waals surface area contributed by atoms with Crippen molar-refractivity contribution in [1.29, 1.82) is 0 Å². The molecule has 2 rings (SSSR count). The Morgan fingerprint density at radius 1 is 1.12 bits per heavy atom. The Kier molecular flexibility index (Phi) is 4.09. The van der Waals surface area contributed by atoms with Crippen LogP contribution in [0.25, 0.3) is 0 Å². The zero-order valence-corrected chi connectivity index (χ0v) is 10.8. The highest BCUT2D eigenvalue weighted by atomic mass is 32.2. The molecule has 0 radical (unpaired) electrons. The first-order chi connectivity index (χ1) is 8.17. The van der Waals surface area contributed by atoms with Crippen molar-refractivity contribution in [2.75, 3.05) is 24.7 Å². The second-order valence-electron chi connectivity index (χ2n) is 5.09. The normalized spacial score (nSPS) is 25.1. The molecule has 96 valence electrons. The molecule has 17 heavy (non-hydrogen) atoms.